The molecule has 0 saturated heterocycles. The van der Waals surface area contributed by atoms with E-state index in [1.165, 1.54) is 36.6 Å². The molecule has 2 aromatic carbocycles. The number of hydrogen-bond donors (Lipinski definition) is 1. The van der Waals surface area contributed by atoms with Crippen LogP contribution in [0.1, 0.15) is 15.9 Å². The molecule has 0 aliphatic heterocycles. The van der Waals surface area contributed by atoms with Gasteiger partial charge in [0.25, 0.3) is 5.91 Å². The van der Waals surface area contributed by atoms with Gasteiger partial charge in [-0.3, -0.25) is 9.00 Å². The fraction of sp³-hybridized carbons (Fsp3) is 0.176. The Morgan fingerprint density at radius 2 is 1.83 bits per heavy atom. The number of halogens is 1. The van der Waals surface area contributed by atoms with Gasteiger partial charge in [0.2, 0.25) is 0 Å². The fourth-order valence-electron chi connectivity index (χ4n) is 1.91. The number of ether oxygens (including phenoxy) is 1. The van der Waals surface area contributed by atoms with Crippen LogP contribution in [0.4, 0.5) is 10.1 Å². The molecule has 0 radical (unpaired) electrons. The molecule has 24 heavy (non-hydrogen) atoms. The SMILES string of the molecule is Cc1ccc(F)cc1NC(=O)COC(=O)c1ccc(S(C)=O)cc1. The lowest BCUT2D eigenvalue weighted by molar-refractivity contribution is -0.119. The highest BCUT2D eigenvalue weighted by Crippen LogP contribution is 2.16. The lowest BCUT2D eigenvalue weighted by Gasteiger charge is -2.09. The normalized spacial score (nSPS) is 11.6. The van der Waals surface area contributed by atoms with Crippen LogP contribution < -0.4 is 5.32 Å². The number of carbonyl (C=O) groups is 2. The zero-order valence-corrected chi connectivity index (χ0v) is 14.0. The van der Waals surface area contributed by atoms with Crippen molar-refractivity contribution < 1.29 is 22.9 Å². The molecule has 0 spiro atoms. The minimum Gasteiger partial charge on any atom is -0.452 e. The number of aryl methyl sites for hydroxylation is 1. The van der Waals surface area contributed by atoms with Gasteiger partial charge in [-0.05, 0) is 48.9 Å². The maximum Gasteiger partial charge on any atom is 0.338 e. The van der Waals surface area contributed by atoms with Gasteiger partial charge in [-0.25, -0.2) is 9.18 Å². The van der Waals surface area contributed by atoms with Crippen molar-refractivity contribution in [3.8, 4) is 0 Å². The Kier molecular flexibility index (Phi) is 5.81. The van der Waals surface area contributed by atoms with Crippen LogP contribution in [0.3, 0.4) is 0 Å². The average molecular weight is 349 g/mol. The Balaban J connectivity index is 1.92. The van der Waals surface area contributed by atoms with Gasteiger partial charge in [0.1, 0.15) is 5.82 Å². The van der Waals surface area contributed by atoms with E-state index in [4.69, 9.17) is 4.74 Å². The first kappa shape index (κ1) is 17.8. The average Bonchev–Trinajstić information content (AvgIpc) is 2.56. The van der Waals surface area contributed by atoms with Crippen molar-refractivity contribution >= 4 is 28.4 Å². The summed E-state index contributed by atoms with van der Waals surface area (Å²) < 4.78 is 29.4. The molecule has 0 aliphatic carbocycles. The van der Waals surface area contributed by atoms with Gasteiger partial charge in [0.15, 0.2) is 6.61 Å². The van der Waals surface area contributed by atoms with Crippen LogP contribution in [0.15, 0.2) is 47.4 Å². The summed E-state index contributed by atoms with van der Waals surface area (Å²) in [7, 11) is -1.14. The summed E-state index contributed by atoms with van der Waals surface area (Å²) in [5, 5.41) is 2.49. The maximum absolute atomic E-state index is 13.2. The second-order valence-electron chi connectivity index (χ2n) is 5.06. The van der Waals surface area contributed by atoms with Crippen molar-refractivity contribution in [2.75, 3.05) is 18.2 Å². The number of anilines is 1. The molecule has 0 fully saturated rings. The molecular weight excluding hydrogens is 333 g/mol. The largest absolute Gasteiger partial charge is 0.452 e. The molecular formula is C17H16FNO4S. The summed E-state index contributed by atoms with van der Waals surface area (Å²) in [5.41, 5.74) is 1.27. The molecule has 0 heterocycles. The Hall–Kier alpha value is -2.54. The van der Waals surface area contributed by atoms with Crippen LogP contribution in [0, 0.1) is 12.7 Å². The zero-order valence-electron chi connectivity index (χ0n) is 13.2. The van der Waals surface area contributed by atoms with Crippen molar-refractivity contribution in [2.45, 2.75) is 11.8 Å². The lowest BCUT2D eigenvalue weighted by Crippen LogP contribution is -2.21. The van der Waals surface area contributed by atoms with E-state index in [0.717, 1.165) is 0 Å². The highest BCUT2D eigenvalue weighted by atomic mass is 32.2. The van der Waals surface area contributed by atoms with Crippen LogP contribution in [-0.4, -0.2) is 28.9 Å². The third-order valence-corrected chi connectivity index (χ3v) is 4.17. The van der Waals surface area contributed by atoms with Crippen molar-refractivity contribution in [3.05, 3.63) is 59.4 Å². The smallest absolute Gasteiger partial charge is 0.338 e. The fourth-order valence-corrected chi connectivity index (χ4v) is 2.43. The topological polar surface area (TPSA) is 72.5 Å². The lowest BCUT2D eigenvalue weighted by atomic mass is 10.2. The van der Waals surface area contributed by atoms with Gasteiger partial charge in [-0.15, -0.1) is 0 Å². The van der Waals surface area contributed by atoms with Gasteiger partial charge in [0.05, 0.1) is 5.56 Å². The molecule has 5 nitrogen and oxygen atoms in total. The first-order valence-electron chi connectivity index (χ1n) is 7.03. The van der Waals surface area contributed by atoms with E-state index in [9.17, 15) is 18.2 Å². The third kappa shape index (κ3) is 4.73. The van der Waals surface area contributed by atoms with Crippen molar-refractivity contribution in [2.24, 2.45) is 0 Å². The predicted molar refractivity (Wildman–Crippen MR) is 88.8 cm³/mol. The van der Waals surface area contributed by atoms with Crippen LogP contribution >= 0.6 is 0 Å². The van der Waals surface area contributed by atoms with Crippen LogP contribution in [0.5, 0.6) is 0 Å². The molecule has 126 valence electrons. The van der Waals surface area contributed by atoms with E-state index >= 15 is 0 Å². The summed E-state index contributed by atoms with van der Waals surface area (Å²) in [6.45, 7) is 1.23. The Morgan fingerprint density at radius 3 is 2.46 bits per heavy atom. The number of benzene rings is 2. The number of rotatable bonds is 5. The number of hydrogen-bond acceptors (Lipinski definition) is 4. The predicted octanol–water partition coefficient (Wildman–Crippen LogP) is 2.67. The van der Waals surface area contributed by atoms with E-state index < -0.39 is 35.1 Å². The van der Waals surface area contributed by atoms with Gasteiger partial charge in [-0.2, -0.15) is 0 Å². The van der Waals surface area contributed by atoms with Gasteiger partial charge in [0, 0.05) is 27.6 Å². The number of nitrogens with one attached hydrogen (secondary N) is 1. The van der Waals surface area contributed by atoms with E-state index in [-0.39, 0.29) is 5.56 Å². The van der Waals surface area contributed by atoms with E-state index in [2.05, 4.69) is 5.32 Å². The number of esters is 1. The van der Waals surface area contributed by atoms with Crippen LogP contribution in [-0.2, 0) is 20.3 Å². The first-order valence-corrected chi connectivity index (χ1v) is 8.59. The van der Waals surface area contributed by atoms with E-state index in [1.807, 2.05) is 0 Å². The second-order valence-corrected chi connectivity index (χ2v) is 6.44. The first-order chi connectivity index (χ1) is 11.4. The molecule has 0 bridgehead atoms. The maximum atomic E-state index is 13.2. The van der Waals surface area contributed by atoms with Crippen LogP contribution in [0.2, 0.25) is 0 Å². The highest BCUT2D eigenvalue weighted by molar-refractivity contribution is 7.84. The van der Waals surface area contributed by atoms with Gasteiger partial charge < -0.3 is 10.1 Å². The molecule has 7 heteroatoms. The molecule has 0 aromatic heterocycles. The summed E-state index contributed by atoms with van der Waals surface area (Å²) in [4.78, 5) is 24.3. The zero-order chi connectivity index (χ0) is 17.7. The van der Waals surface area contributed by atoms with Crippen LogP contribution in [0.25, 0.3) is 0 Å². The standard InChI is InChI=1S/C17H16FNO4S/c1-11-3-6-13(18)9-15(11)19-16(20)10-23-17(21)12-4-7-14(8-5-12)24(2)22/h3-9H,10H2,1-2H3,(H,19,20). The summed E-state index contributed by atoms with van der Waals surface area (Å²) >= 11 is 0. The Labute approximate surface area is 141 Å². The minimum atomic E-state index is -1.14. The summed E-state index contributed by atoms with van der Waals surface area (Å²) in [6.07, 6.45) is 1.53. The molecule has 1 amide bonds. The summed E-state index contributed by atoms with van der Waals surface area (Å²) in [5.74, 6) is -1.71. The minimum absolute atomic E-state index is 0.249. The Morgan fingerprint density at radius 1 is 1.17 bits per heavy atom. The summed E-state index contributed by atoms with van der Waals surface area (Å²) in [6, 6.07) is 10.1. The molecule has 1 atom stereocenters. The quantitative estimate of drug-likeness (QED) is 0.843. The number of amides is 1. The van der Waals surface area contributed by atoms with Crippen molar-refractivity contribution in [3.63, 3.8) is 0 Å². The van der Waals surface area contributed by atoms with Crippen molar-refractivity contribution in [1.29, 1.82) is 0 Å². The molecule has 0 aliphatic rings. The van der Waals surface area contributed by atoms with Gasteiger partial charge >= 0.3 is 5.97 Å². The van der Waals surface area contributed by atoms with E-state index in [0.29, 0.717) is 16.1 Å². The second kappa shape index (κ2) is 7.83. The molecule has 2 rings (SSSR count). The Bertz CT molecular complexity index is 790. The number of carbonyl (C=O) groups excluding carboxylic acids is 2. The van der Waals surface area contributed by atoms with E-state index in [1.54, 1.807) is 19.1 Å². The molecule has 2 aromatic rings. The molecule has 1 unspecified atom stereocenters. The third-order valence-electron chi connectivity index (χ3n) is 3.23. The molecule has 0 saturated carbocycles. The highest BCUT2D eigenvalue weighted by Gasteiger charge is 2.12. The monoisotopic (exact) mass is 349 g/mol. The van der Waals surface area contributed by atoms with Gasteiger partial charge in [-0.1, -0.05) is 6.07 Å². The van der Waals surface area contributed by atoms with Crippen molar-refractivity contribution in [1.82, 2.24) is 0 Å². The molecule has 1 N–H and O–H groups in total.